The number of nitrogens with zero attached hydrogens (tertiary/aromatic N) is 1. The molecule has 0 aliphatic carbocycles. The van der Waals surface area contributed by atoms with E-state index in [2.05, 4.69) is 5.32 Å². The molecule has 0 saturated carbocycles. The van der Waals surface area contributed by atoms with Gasteiger partial charge in [-0.25, -0.2) is 0 Å². The molecule has 5 nitrogen and oxygen atoms in total. The number of fused-ring (bicyclic) bond motifs is 1. The van der Waals surface area contributed by atoms with Crippen LogP contribution in [0.5, 0.6) is 5.75 Å². The lowest BCUT2D eigenvalue weighted by Crippen LogP contribution is -2.20. The normalized spacial score (nSPS) is 10.6. The van der Waals surface area contributed by atoms with E-state index < -0.39 is 0 Å². The zero-order valence-corrected chi connectivity index (χ0v) is 14.3. The minimum atomic E-state index is -0.158. The number of hydrogen-bond donors (Lipinski definition) is 1. The standard InChI is InChI=1S/C20H20N2O3/c1-3-25-16-7-5-15(6-8-16)21-20(24)13-22-11-10-19(23)17-12-14(2)4-9-18(17)22/h4-12H,3,13H2,1-2H3,(H,21,24). The van der Waals surface area contributed by atoms with Crippen LogP contribution >= 0.6 is 0 Å². The highest BCUT2D eigenvalue weighted by Crippen LogP contribution is 2.16. The summed E-state index contributed by atoms with van der Waals surface area (Å²) in [5.41, 5.74) is 2.43. The van der Waals surface area contributed by atoms with Crippen LogP contribution in [-0.4, -0.2) is 17.1 Å². The summed E-state index contributed by atoms with van der Waals surface area (Å²) < 4.78 is 7.16. The van der Waals surface area contributed by atoms with Gasteiger partial charge < -0.3 is 14.6 Å². The van der Waals surface area contributed by atoms with Crippen LogP contribution < -0.4 is 15.5 Å². The van der Waals surface area contributed by atoms with Gasteiger partial charge in [0.2, 0.25) is 5.91 Å². The summed E-state index contributed by atoms with van der Waals surface area (Å²) in [6, 6.07) is 14.4. The predicted octanol–water partition coefficient (Wildman–Crippen LogP) is 3.35. The number of rotatable bonds is 5. The molecule has 0 saturated heterocycles. The van der Waals surface area contributed by atoms with E-state index in [4.69, 9.17) is 4.74 Å². The Bertz CT molecular complexity index is 959. The van der Waals surface area contributed by atoms with Crippen LogP contribution in [0, 0.1) is 6.92 Å². The molecule has 0 atom stereocenters. The molecule has 0 bridgehead atoms. The minimum Gasteiger partial charge on any atom is -0.494 e. The Morgan fingerprint density at radius 2 is 1.88 bits per heavy atom. The van der Waals surface area contributed by atoms with E-state index in [0.29, 0.717) is 17.7 Å². The van der Waals surface area contributed by atoms with Crippen molar-refractivity contribution < 1.29 is 9.53 Å². The molecule has 0 unspecified atom stereocenters. The fourth-order valence-electron chi connectivity index (χ4n) is 2.72. The lowest BCUT2D eigenvalue weighted by molar-refractivity contribution is -0.116. The number of amides is 1. The van der Waals surface area contributed by atoms with Crippen LogP contribution in [0.15, 0.2) is 59.5 Å². The first-order valence-electron chi connectivity index (χ1n) is 8.19. The molecule has 2 aromatic carbocycles. The van der Waals surface area contributed by atoms with Gasteiger partial charge in [0.05, 0.1) is 12.1 Å². The van der Waals surface area contributed by atoms with Crippen LogP contribution in [0.25, 0.3) is 10.9 Å². The SMILES string of the molecule is CCOc1ccc(NC(=O)Cn2ccc(=O)c3cc(C)ccc32)cc1. The maximum absolute atomic E-state index is 12.3. The van der Waals surface area contributed by atoms with Crippen molar-refractivity contribution >= 4 is 22.5 Å². The first kappa shape index (κ1) is 16.8. The smallest absolute Gasteiger partial charge is 0.244 e. The molecule has 0 aliphatic heterocycles. The number of nitrogens with one attached hydrogen (secondary N) is 1. The fourth-order valence-corrected chi connectivity index (χ4v) is 2.72. The van der Waals surface area contributed by atoms with Crippen molar-refractivity contribution in [1.82, 2.24) is 4.57 Å². The Kier molecular flexibility index (Phi) is 4.84. The van der Waals surface area contributed by atoms with Crippen LogP contribution in [0.3, 0.4) is 0 Å². The quantitative estimate of drug-likeness (QED) is 0.777. The molecule has 1 heterocycles. The summed E-state index contributed by atoms with van der Waals surface area (Å²) in [6.07, 6.45) is 1.65. The first-order chi connectivity index (χ1) is 12.1. The second-order valence-electron chi connectivity index (χ2n) is 5.83. The van der Waals surface area contributed by atoms with E-state index in [-0.39, 0.29) is 17.9 Å². The summed E-state index contributed by atoms with van der Waals surface area (Å²) >= 11 is 0. The number of carbonyl (C=O) groups is 1. The van der Waals surface area contributed by atoms with E-state index in [9.17, 15) is 9.59 Å². The van der Waals surface area contributed by atoms with Crippen molar-refractivity contribution in [2.24, 2.45) is 0 Å². The maximum Gasteiger partial charge on any atom is 0.244 e. The highest BCUT2D eigenvalue weighted by molar-refractivity contribution is 5.91. The Labute approximate surface area is 145 Å². The molecular formula is C20H20N2O3. The molecule has 25 heavy (non-hydrogen) atoms. The van der Waals surface area contributed by atoms with Gasteiger partial charge in [-0.2, -0.15) is 0 Å². The van der Waals surface area contributed by atoms with Crippen LogP contribution in [-0.2, 0) is 11.3 Å². The van der Waals surface area contributed by atoms with Crippen molar-refractivity contribution in [3.05, 3.63) is 70.5 Å². The Hall–Kier alpha value is -3.08. The molecule has 1 amide bonds. The Morgan fingerprint density at radius 1 is 1.12 bits per heavy atom. The van der Waals surface area contributed by atoms with E-state index in [0.717, 1.165) is 16.8 Å². The molecule has 3 aromatic rings. The number of carbonyl (C=O) groups excluding carboxylic acids is 1. The number of hydrogen-bond acceptors (Lipinski definition) is 3. The van der Waals surface area contributed by atoms with Crippen molar-refractivity contribution in [2.75, 3.05) is 11.9 Å². The summed E-state index contributed by atoms with van der Waals surface area (Å²) in [5.74, 6) is 0.608. The Morgan fingerprint density at radius 3 is 2.60 bits per heavy atom. The van der Waals surface area contributed by atoms with Crippen molar-refractivity contribution in [1.29, 1.82) is 0 Å². The molecule has 0 spiro atoms. The zero-order chi connectivity index (χ0) is 17.8. The highest BCUT2D eigenvalue weighted by Gasteiger charge is 2.08. The lowest BCUT2D eigenvalue weighted by atomic mass is 10.1. The monoisotopic (exact) mass is 336 g/mol. The summed E-state index contributed by atoms with van der Waals surface area (Å²) in [6.45, 7) is 4.60. The maximum atomic E-state index is 12.3. The van der Waals surface area contributed by atoms with Gasteiger partial charge >= 0.3 is 0 Å². The number of aromatic nitrogens is 1. The van der Waals surface area contributed by atoms with Gasteiger partial charge in [0, 0.05) is 23.3 Å². The average Bonchev–Trinajstić information content (AvgIpc) is 2.59. The largest absolute Gasteiger partial charge is 0.494 e. The summed E-state index contributed by atoms with van der Waals surface area (Å²) in [7, 11) is 0. The molecule has 5 heteroatoms. The molecule has 1 N–H and O–H groups in total. The van der Waals surface area contributed by atoms with E-state index >= 15 is 0 Å². The fraction of sp³-hybridized carbons (Fsp3) is 0.200. The molecule has 0 aliphatic rings. The van der Waals surface area contributed by atoms with Gasteiger partial charge in [0.25, 0.3) is 0 Å². The second-order valence-corrected chi connectivity index (χ2v) is 5.83. The second kappa shape index (κ2) is 7.21. The van der Waals surface area contributed by atoms with Crippen molar-refractivity contribution in [3.8, 4) is 5.75 Å². The number of aryl methyl sites for hydroxylation is 1. The zero-order valence-electron chi connectivity index (χ0n) is 14.3. The van der Waals surface area contributed by atoms with Crippen LogP contribution in [0.4, 0.5) is 5.69 Å². The van der Waals surface area contributed by atoms with Crippen molar-refractivity contribution in [3.63, 3.8) is 0 Å². The number of benzene rings is 2. The predicted molar refractivity (Wildman–Crippen MR) is 99.2 cm³/mol. The molecule has 3 rings (SSSR count). The van der Waals surface area contributed by atoms with Gasteiger partial charge in [-0.1, -0.05) is 11.6 Å². The molecule has 1 aromatic heterocycles. The number of ether oxygens (including phenoxy) is 1. The van der Waals surface area contributed by atoms with Gasteiger partial charge in [-0.15, -0.1) is 0 Å². The summed E-state index contributed by atoms with van der Waals surface area (Å²) in [4.78, 5) is 24.4. The van der Waals surface area contributed by atoms with Gasteiger partial charge in [-0.3, -0.25) is 9.59 Å². The van der Waals surface area contributed by atoms with Crippen LogP contribution in [0.2, 0.25) is 0 Å². The number of pyridine rings is 1. The summed E-state index contributed by atoms with van der Waals surface area (Å²) in [5, 5.41) is 3.48. The number of anilines is 1. The molecule has 0 radical (unpaired) electrons. The lowest BCUT2D eigenvalue weighted by Gasteiger charge is -2.12. The van der Waals surface area contributed by atoms with Crippen molar-refractivity contribution in [2.45, 2.75) is 20.4 Å². The first-order valence-corrected chi connectivity index (χ1v) is 8.19. The Balaban J connectivity index is 1.78. The van der Waals surface area contributed by atoms with Crippen LogP contribution in [0.1, 0.15) is 12.5 Å². The third kappa shape index (κ3) is 3.88. The van der Waals surface area contributed by atoms with E-state index in [1.807, 2.05) is 44.2 Å². The third-order valence-electron chi connectivity index (χ3n) is 3.90. The third-order valence-corrected chi connectivity index (χ3v) is 3.90. The molecule has 128 valence electrons. The minimum absolute atomic E-state index is 0.0399. The topological polar surface area (TPSA) is 60.3 Å². The van der Waals surface area contributed by atoms with Gasteiger partial charge in [0.1, 0.15) is 12.3 Å². The average molecular weight is 336 g/mol. The van der Waals surface area contributed by atoms with Gasteiger partial charge in [0.15, 0.2) is 5.43 Å². The highest BCUT2D eigenvalue weighted by atomic mass is 16.5. The van der Waals surface area contributed by atoms with E-state index in [1.54, 1.807) is 22.9 Å². The molecular weight excluding hydrogens is 316 g/mol. The van der Waals surface area contributed by atoms with E-state index in [1.165, 1.54) is 6.07 Å². The molecule has 0 fully saturated rings. The van der Waals surface area contributed by atoms with Gasteiger partial charge in [-0.05, 0) is 50.2 Å².